The van der Waals surface area contributed by atoms with Crippen LogP contribution in [0.2, 0.25) is 0 Å². The van der Waals surface area contributed by atoms with Gasteiger partial charge in [-0.25, -0.2) is 4.98 Å². The number of aromatic nitrogens is 1. The third kappa shape index (κ3) is 4.02. The Morgan fingerprint density at radius 3 is 2.50 bits per heavy atom. The van der Waals surface area contributed by atoms with Crippen molar-refractivity contribution in [3.8, 4) is 0 Å². The smallest absolute Gasteiger partial charge is 0.269 e. The van der Waals surface area contributed by atoms with Gasteiger partial charge in [-0.2, -0.15) is 0 Å². The summed E-state index contributed by atoms with van der Waals surface area (Å²) in [4.78, 5) is 18.2. The maximum atomic E-state index is 11.8. The van der Waals surface area contributed by atoms with E-state index in [4.69, 9.17) is 0 Å². The number of amides is 1. The van der Waals surface area contributed by atoms with E-state index in [9.17, 15) is 4.79 Å². The monoisotopic (exact) mass is 249 g/mol. The van der Waals surface area contributed by atoms with E-state index in [1.54, 1.807) is 12.3 Å². The van der Waals surface area contributed by atoms with Crippen molar-refractivity contribution < 1.29 is 4.79 Å². The second-order valence-electron chi connectivity index (χ2n) is 4.18. The molecule has 0 aliphatic rings. The molecule has 0 fully saturated rings. The van der Waals surface area contributed by atoms with E-state index in [2.05, 4.69) is 36.0 Å². The molecule has 1 N–H and O–H groups in total. The molecule has 0 spiro atoms. The van der Waals surface area contributed by atoms with Crippen molar-refractivity contribution in [2.75, 3.05) is 24.5 Å². The van der Waals surface area contributed by atoms with E-state index in [1.165, 1.54) is 0 Å². The maximum absolute atomic E-state index is 11.8. The van der Waals surface area contributed by atoms with E-state index >= 15 is 0 Å². The standard InChI is InChI=1S/C14H23N3O/c1-4-7-10-15-14(18)13-9-8-12(11-16-13)17(5-2)6-3/h8-9,11H,4-7,10H2,1-3H3,(H,15,18). The Bertz CT molecular complexity index is 358. The third-order valence-electron chi connectivity index (χ3n) is 2.92. The van der Waals surface area contributed by atoms with E-state index < -0.39 is 0 Å². The van der Waals surface area contributed by atoms with Gasteiger partial charge in [0.25, 0.3) is 5.91 Å². The number of nitrogens with zero attached hydrogens (tertiary/aromatic N) is 2. The largest absolute Gasteiger partial charge is 0.371 e. The lowest BCUT2D eigenvalue weighted by molar-refractivity contribution is 0.0948. The first-order valence-electron chi connectivity index (χ1n) is 6.72. The molecule has 0 aliphatic heterocycles. The lowest BCUT2D eigenvalue weighted by Crippen LogP contribution is -2.26. The van der Waals surface area contributed by atoms with Crippen LogP contribution >= 0.6 is 0 Å². The van der Waals surface area contributed by atoms with Gasteiger partial charge in [-0.15, -0.1) is 0 Å². The van der Waals surface area contributed by atoms with Gasteiger partial charge in [-0.3, -0.25) is 4.79 Å². The molecule has 0 aromatic carbocycles. The molecule has 1 rings (SSSR count). The van der Waals surface area contributed by atoms with Gasteiger partial charge in [-0.1, -0.05) is 13.3 Å². The van der Waals surface area contributed by atoms with Gasteiger partial charge in [0.2, 0.25) is 0 Å². The molecule has 4 heteroatoms. The number of carbonyl (C=O) groups is 1. The second kappa shape index (κ2) is 7.69. The lowest BCUT2D eigenvalue weighted by Gasteiger charge is -2.20. The van der Waals surface area contributed by atoms with Crippen LogP contribution in [0.5, 0.6) is 0 Å². The molecule has 0 atom stereocenters. The highest BCUT2D eigenvalue weighted by molar-refractivity contribution is 5.92. The fourth-order valence-electron chi connectivity index (χ4n) is 1.77. The number of hydrogen-bond donors (Lipinski definition) is 1. The predicted molar refractivity (Wildman–Crippen MR) is 75.0 cm³/mol. The molecule has 1 aromatic rings. The molecule has 0 radical (unpaired) electrons. The summed E-state index contributed by atoms with van der Waals surface area (Å²) in [5, 5.41) is 2.86. The van der Waals surface area contributed by atoms with Crippen LogP contribution in [0.15, 0.2) is 18.3 Å². The normalized spacial score (nSPS) is 10.2. The molecule has 1 heterocycles. The van der Waals surface area contributed by atoms with Crippen LogP contribution in [-0.2, 0) is 0 Å². The molecule has 0 bridgehead atoms. The van der Waals surface area contributed by atoms with Crippen LogP contribution in [0.1, 0.15) is 44.1 Å². The number of rotatable bonds is 7. The second-order valence-corrected chi connectivity index (χ2v) is 4.18. The van der Waals surface area contributed by atoms with Gasteiger partial charge in [0.05, 0.1) is 11.9 Å². The highest BCUT2D eigenvalue weighted by atomic mass is 16.1. The van der Waals surface area contributed by atoms with Crippen molar-refractivity contribution in [2.24, 2.45) is 0 Å². The molecule has 0 unspecified atom stereocenters. The Morgan fingerprint density at radius 2 is 2.00 bits per heavy atom. The summed E-state index contributed by atoms with van der Waals surface area (Å²) < 4.78 is 0. The van der Waals surface area contributed by atoms with Crippen LogP contribution in [0.25, 0.3) is 0 Å². The summed E-state index contributed by atoms with van der Waals surface area (Å²) in [6.07, 6.45) is 3.85. The van der Waals surface area contributed by atoms with E-state index in [0.717, 1.165) is 38.2 Å². The number of hydrogen-bond acceptors (Lipinski definition) is 3. The van der Waals surface area contributed by atoms with Crippen molar-refractivity contribution in [1.29, 1.82) is 0 Å². The first-order chi connectivity index (χ1) is 8.72. The summed E-state index contributed by atoms with van der Waals surface area (Å²) in [6.45, 7) is 8.92. The molecule has 4 nitrogen and oxygen atoms in total. The summed E-state index contributed by atoms with van der Waals surface area (Å²) in [7, 11) is 0. The van der Waals surface area contributed by atoms with Gasteiger partial charge in [0.1, 0.15) is 5.69 Å². The quantitative estimate of drug-likeness (QED) is 0.755. The molecular formula is C14H23N3O. The van der Waals surface area contributed by atoms with Gasteiger partial charge >= 0.3 is 0 Å². The Labute approximate surface area is 109 Å². The summed E-state index contributed by atoms with van der Waals surface area (Å²) in [6, 6.07) is 3.74. The first kappa shape index (κ1) is 14.5. The van der Waals surface area contributed by atoms with Crippen molar-refractivity contribution in [2.45, 2.75) is 33.6 Å². The molecule has 1 amide bonds. The fourth-order valence-corrected chi connectivity index (χ4v) is 1.77. The molecule has 18 heavy (non-hydrogen) atoms. The number of nitrogens with one attached hydrogen (secondary N) is 1. The van der Waals surface area contributed by atoms with Gasteiger partial charge in [-0.05, 0) is 32.4 Å². The highest BCUT2D eigenvalue weighted by Gasteiger charge is 2.07. The average Bonchev–Trinajstić information content (AvgIpc) is 2.41. The van der Waals surface area contributed by atoms with Crippen LogP contribution in [0.3, 0.4) is 0 Å². The molecule has 0 saturated carbocycles. The Balaban J connectivity index is 2.61. The fraction of sp³-hybridized carbons (Fsp3) is 0.571. The zero-order valence-corrected chi connectivity index (χ0v) is 11.6. The molecule has 1 aromatic heterocycles. The van der Waals surface area contributed by atoms with E-state index in [0.29, 0.717) is 5.69 Å². The predicted octanol–water partition coefficient (Wildman–Crippen LogP) is 2.46. The molecular weight excluding hydrogens is 226 g/mol. The SMILES string of the molecule is CCCCNC(=O)c1ccc(N(CC)CC)cn1. The van der Waals surface area contributed by atoms with Crippen LogP contribution < -0.4 is 10.2 Å². The van der Waals surface area contributed by atoms with E-state index in [-0.39, 0.29) is 5.91 Å². The summed E-state index contributed by atoms with van der Waals surface area (Å²) >= 11 is 0. The summed E-state index contributed by atoms with van der Waals surface area (Å²) in [5.74, 6) is -0.0884. The highest BCUT2D eigenvalue weighted by Crippen LogP contribution is 2.12. The van der Waals surface area contributed by atoms with E-state index in [1.807, 2.05) is 6.07 Å². The van der Waals surface area contributed by atoms with Gasteiger partial charge < -0.3 is 10.2 Å². The lowest BCUT2D eigenvalue weighted by atomic mass is 10.3. The van der Waals surface area contributed by atoms with Crippen molar-refractivity contribution in [1.82, 2.24) is 10.3 Å². The summed E-state index contributed by atoms with van der Waals surface area (Å²) in [5.41, 5.74) is 1.55. The van der Waals surface area contributed by atoms with Gasteiger partial charge in [0.15, 0.2) is 0 Å². The minimum Gasteiger partial charge on any atom is -0.371 e. The minimum atomic E-state index is -0.0884. The minimum absolute atomic E-state index is 0.0884. The van der Waals surface area contributed by atoms with Crippen LogP contribution in [0, 0.1) is 0 Å². The van der Waals surface area contributed by atoms with Crippen molar-refractivity contribution in [3.05, 3.63) is 24.0 Å². The Morgan fingerprint density at radius 1 is 1.28 bits per heavy atom. The number of anilines is 1. The Hall–Kier alpha value is -1.58. The zero-order chi connectivity index (χ0) is 13.4. The van der Waals surface area contributed by atoms with Crippen LogP contribution in [-0.4, -0.2) is 30.5 Å². The molecule has 0 aliphatic carbocycles. The zero-order valence-electron chi connectivity index (χ0n) is 11.6. The van der Waals surface area contributed by atoms with Gasteiger partial charge in [0, 0.05) is 19.6 Å². The van der Waals surface area contributed by atoms with Crippen molar-refractivity contribution in [3.63, 3.8) is 0 Å². The Kier molecular flexibility index (Phi) is 6.19. The molecule has 0 saturated heterocycles. The van der Waals surface area contributed by atoms with Crippen LogP contribution in [0.4, 0.5) is 5.69 Å². The first-order valence-corrected chi connectivity index (χ1v) is 6.72. The number of carbonyl (C=O) groups excluding carboxylic acids is 1. The van der Waals surface area contributed by atoms with Crippen molar-refractivity contribution >= 4 is 11.6 Å². The maximum Gasteiger partial charge on any atom is 0.269 e. The topological polar surface area (TPSA) is 45.2 Å². The average molecular weight is 249 g/mol. The third-order valence-corrected chi connectivity index (χ3v) is 2.92. The molecule has 100 valence electrons. The number of pyridine rings is 1. The number of unbranched alkanes of at least 4 members (excludes halogenated alkanes) is 1.